The summed E-state index contributed by atoms with van der Waals surface area (Å²) in [5, 5.41) is 3.88. The number of anilines is 1. The van der Waals surface area contributed by atoms with E-state index >= 15 is 0 Å². The predicted molar refractivity (Wildman–Crippen MR) is 114 cm³/mol. The fourth-order valence-corrected chi connectivity index (χ4v) is 5.48. The van der Waals surface area contributed by atoms with Gasteiger partial charge in [-0.2, -0.15) is 4.31 Å². The first-order valence-electron chi connectivity index (χ1n) is 9.88. The Bertz CT molecular complexity index is 1120. The van der Waals surface area contributed by atoms with Crippen molar-refractivity contribution < 1.29 is 13.2 Å². The molecular weight excluding hydrogens is 386 g/mol. The molecule has 1 atom stereocenters. The van der Waals surface area contributed by atoms with Crippen LogP contribution >= 0.6 is 0 Å². The second-order valence-electron chi connectivity index (χ2n) is 7.72. The molecule has 1 fully saturated rings. The van der Waals surface area contributed by atoms with Crippen molar-refractivity contribution in [2.24, 2.45) is 5.92 Å². The van der Waals surface area contributed by atoms with E-state index in [-0.39, 0.29) is 17.2 Å². The molecule has 1 aromatic heterocycles. The second kappa shape index (κ2) is 8.00. The van der Waals surface area contributed by atoms with E-state index in [1.807, 2.05) is 30.5 Å². The number of sulfonamides is 1. The number of amides is 1. The summed E-state index contributed by atoms with van der Waals surface area (Å²) < 4.78 is 27.2. The maximum atomic E-state index is 12.8. The summed E-state index contributed by atoms with van der Waals surface area (Å²) in [7, 11) is -3.49. The summed E-state index contributed by atoms with van der Waals surface area (Å²) in [6.07, 6.45) is 4.05. The number of carbonyl (C=O) groups is 1. The number of rotatable bonds is 5. The van der Waals surface area contributed by atoms with Gasteiger partial charge in [0.05, 0.1) is 11.3 Å². The summed E-state index contributed by atoms with van der Waals surface area (Å²) in [5.74, 6) is 0.233. The molecule has 0 saturated carbocycles. The van der Waals surface area contributed by atoms with Gasteiger partial charge in [-0.15, -0.1) is 0 Å². The van der Waals surface area contributed by atoms with Crippen molar-refractivity contribution in [3.05, 3.63) is 60.3 Å². The van der Waals surface area contributed by atoms with Gasteiger partial charge in [-0.25, -0.2) is 8.42 Å². The van der Waals surface area contributed by atoms with E-state index in [2.05, 4.69) is 17.2 Å². The Kier molecular flexibility index (Phi) is 5.43. The van der Waals surface area contributed by atoms with Crippen molar-refractivity contribution >= 4 is 32.5 Å². The lowest BCUT2D eigenvalue weighted by Gasteiger charge is -2.30. The number of nitrogens with one attached hydrogen (secondary N) is 2. The minimum Gasteiger partial charge on any atom is -0.361 e. The monoisotopic (exact) mass is 411 g/mol. The van der Waals surface area contributed by atoms with E-state index in [1.54, 1.807) is 28.6 Å². The van der Waals surface area contributed by atoms with Gasteiger partial charge in [-0.1, -0.05) is 25.1 Å². The fraction of sp³-hybridized carbons (Fsp3) is 0.318. The maximum Gasteiger partial charge on any atom is 0.243 e. The van der Waals surface area contributed by atoms with E-state index < -0.39 is 10.0 Å². The lowest BCUT2D eigenvalue weighted by atomic mass is 10.0. The highest BCUT2D eigenvalue weighted by atomic mass is 32.2. The van der Waals surface area contributed by atoms with Crippen molar-refractivity contribution in [1.82, 2.24) is 9.29 Å². The van der Waals surface area contributed by atoms with Crippen molar-refractivity contribution in [1.29, 1.82) is 0 Å². The van der Waals surface area contributed by atoms with Gasteiger partial charge in [0.25, 0.3) is 0 Å². The zero-order valence-corrected chi connectivity index (χ0v) is 17.2. The molecule has 2 N–H and O–H groups in total. The predicted octanol–water partition coefficient (Wildman–Crippen LogP) is 3.77. The molecule has 29 heavy (non-hydrogen) atoms. The fourth-order valence-electron chi connectivity index (χ4n) is 3.88. The number of hydrogen-bond donors (Lipinski definition) is 2. The van der Waals surface area contributed by atoms with E-state index in [1.165, 1.54) is 0 Å². The van der Waals surface area contributed by atoms with Gasteiger partial charge in [0.1, 0.15) is 0 Å². The normalized spacial score (nSPS) is 18.0. The summed E-state index contributed by atoms with van der Waals surface area (Å²) in [4.78, 5) is 15.9. The molecule has 2 aromatic carbocycles. The van der Waals surface area contributed by atoms with Gasteiger partial charge in [0.2, 0.25) is 15.9 Å². The van der Waals surface area contributed by atoms with Gasteiger partial charge >= 0.3 is 0 Å². The van der Waals surface area contributed by atoms with Crippen LogP contribution < -0.4 is 5.32 Å². The number of H-pyrrole nitrogens is 1. The molecule has 1 saturated heterocycles. The molecule has 152 valence electrons. The average Bonchev–Trinajstić information content (AvgIpc) is 3.11. The minimum atomic E-state index is -3.49. The molecule has 0 bridgehead atoms. The van der Waals surface area contributed by atoms with Crippen LogP contribution in [-0.4, -0.2) is 36.7 Å². The molecule has 1 aliphatic heterocycles. The van der Waals surface area contributed by atoms with Crippen LogP contribution in [0.25, 0.3) is 10.9 Å². The highest BCUT2D eigenvalue weighted by Crippen LogP contribution is 2.24. The van der Waals surface area contributed by atoms with Crippen LogP contribution in [0.3, 0.4) is 0 Å². The SMILES string of the molecule is CC1CCCN(S(=O)(=O)c2ccc(NC(=O)Cc3c[nH]c4ccccc34)cc2)C1. The number of para-hydroxylation sites is 1. The summed E-state index contributed by atoms with van der Waals surface area (Å²) in [5.41, 5.74) is 2.51. The Morgan fingerprint density at radius 1 is 1.17 bits per heavy atom. The quantitative estimate of drug-likeness (QED) is 0.670. The number of nitrogens with zero attached hydrogens (tertiary/aromatic N) is 1. The summed E-state index contributed by atoms with van der Waals surface area (Å²) in [6, 6.07) is 14.3. The lowest BCUT2D eigenvalue weighted by molar-refractivity contribution is -0.115. The van der Waals surface area contributed by atoms with Crippen molar-refractivity contribution in [3.63, 3.8) is 0 Å². The van der Waals surface area contributed by atoms with Gasteiger partial charge in [-0.3, -0.25) is 4.79 Å². The molecule has 6 nitrogen and oxygen atoms in total. The van der Waals surface area contributed by atoms with Crippen LogP contribution in [0.15, 0.2) is 59.6 Å². The Morgan fingerprint density at radius 2 is 1.93 bits per heavy atom. The van der Waals surface area contributed by atoms with Crippen LogP contribution in [0, 0.1) is 5.92 Å². The third-order valence-corrected chi connectivity index (χ3v) is 7.30. The molecule has 1 aliphatic rings. The maximum absolute atomic E-state index is 12.8. The van der Waals surface area contributed by atoms with Crippen molar-refractivity contribution in [2.75, 3.05) is 18.4 Å². The number of fused-ring (bicyclic) bond motifs is 1. The van der Waals surface area contributed by atoms with Crippen LogP contribution in [-0.2, 0) is 21.2 Å². The molecule has 1 amide bonds. The van der Waals surface area contributed by atoms with E-state index in [0.29, 0.717) is 24.7 Å². The van der Waals surface area contributed by atoms with Crippen LogP contribution in [0.2, 0.25) is 0 Å². The van der Waals surface area contributed by atoms with Gasteiger partial charge in [0.15, 0.2) is 0 Å². The molecule has 3 aromatic rings. The number of carbonyl (C=O) groups excluding carboxylic acids is 1. The van der Waals surface area contributed by atoms with E-state index in [9.17, 15) is 13.2 Å². The third kappa shape index (κ3) is 4.21. The number of aromatic nitrogens is 1. The first-order valence-corrected chi connectivity index (χ1v) is 11.3. The smallest absolute Gasteiger partial charge is 0.243 e. The van der Waals surface area contributed by atoms with E-state index in [4.69, 9.17) is 0 Å². The Balaban J connectivity index is 1.43. The van der Waals surface area contributed by atoms with Gasteiger partial charge in [0, 0.05) is 35.9 Å². The van der Waals surface area contributed by atoms with Crippen LogP contribution in [0.1, 0.15) is 25.3 Å². The molecule has 4 rings (SSSR count). The summed E-state index contributed by atoms with van der Waals surface area (Å²) in [6.45, 7) is 3.20. The van der Waals surface area contributed by atoms with Crippen molar-refractivity contribution in [3.8, 4) is 0 Å². The first-order chi connectivity index (χ1) is 13.9. The molecule has 0 radical (unpaired) electrons. The topological polar surface area (TPSA) is 82.3 Å². The molecule has 0 aliphatic carbocycles. The van der Waals surface area contributed by atoms with Crippen molar-refractivity contribution in [2.45, 2.75) is 31.1 Å². The molecule has 1 unspecified atom stereocenters. The standard InChI is InChI=1S/C22H25N3O3S/c1-16-5-4-12-25(15-16)29(27,28)19-10-8-18(9-11-19)24-22(26)13-17-14-23-21-7-3-2-6-20(17)21/h2-3,6-11,14,16,23H,4-5,12-13,15H2,1H3,(H,24,26). The summed E-state index contributed by atoms with van der Waals surface area (Å²) >= 11 is 0. The lowest BCUT2D eigenvalue weighted by Crippen LogP contribution is -2.39. The van der Waals surface area contributed by atoms with Crippen LogP contribution in [0.4, 0.5) is 5.69 Å². The number of benzene rings is 2. The highest BCUT2D eigenvalue weighted by molar-refractivity contribution is 7.89. The van der Waals surface area contributed by atoms with Gasteiger partial charge < -0.3 is 10.3 Å². The van der Waals surface area contributed by atoms with Gasteiger partial charge in [-0.05, 0) is 54.7 Å². The second-order valence-corrected chi connectivity index (χ2v) is 9.66. The highest BCUT2D eigenvalue weighted by Gasteiger charge is 2.28. The Morgan fingerprint density at radius 3 is 2.69 bits per heavy atom. The number of hydrogen-bond acceptors (Lipinski definition) is 3. The molecule has 2 heterocycles. The molecule has 7 heteroatoms. The van der Waals surface area contributed by atoms with E-state index in [0.717, 1.165) is 29.3 Å². The zero-order valence-electron chi connectivity index (χ0n) is 16.4. The molecular formula is C22H25N3O3S. The largest absolute Gasteiger partial charge is 0.361 e. The Labute approximate surface area is 171 Å². The number of aromatic amines is 1. The average molecular weight is 412 g/mol. The minimum absolute atomic E-state index is 0.143. The number of piperidine rings is 1. The molecule has 0 spiro atoms. The third-order valence-electron chi connectivity index (χ3n) is 5.42. The zero-order chi connectivity index (χ0) is 20.4. The Hall–Kier alpha value is -2.64. The van der Waals surface area contributed by atoms with Crippen LogP contribution in [0.5, 0.6) is 0 Å². The first kappa shape index (κ1) is 19.7.